The third-order valence-corrected chi connectivity index (χ3v) is 3.78. The van der Waals surface area contributed by atoms with Crippen LogP contribution in [0.25, 0.3) is 0 Å². The molecular formula is C15H24N2. The van der Waals surface area contributed by atoms with Crippen molar-refractivity contribution in [1.82, 2.24) is 5.32 Å². The van der Waals surface area contributed by atoms with E-state index in [2.05, 4.69) is 30.4 Å². The second-order valence-corrected chi connectivity index (χ2v) is 5.28. The van der Waals surface area contributed by atoms with Gasteiger partial charge in [0.05, 0.1) is 0 Å². The molecule has 0 saturated heterocycles. The van der Waals surface area contributed by atoms with Gasteiger partial charge >= 0.3 is 0 Å². The van der Waals surface area contributed by atoms with Crippen molar-refractivity contribution in [3.05, 3.63) is 34.9 Å². The molecule has 2 unspecified atom stereocenters. The average Bonchev–Trinajstić information content (AvgIpc) is 2.76. The predicted octanol–water partition coefficient (Wildman–Crippen LogP) is 2.56. The first-order chi connectivity index (χ1) is 8.20. The average molecular weight is 232 g/mol. The fourth-order valence-electron chi connectivity index (χ4n) is 2.72. The lowest BCUT2D eigenvalue weighted by Gasteiger charge is -2.18. The van der Waals surface area contributed by atoms with E-state index in [0.717, 1.165) is 12.8 Å². The van der Waals surface area contributed by atoms with Crippen molar-refractivity contribution in [2.75, 3.05) is 7.05 Å². The number of fused-ring (bicyclic) bond motifs is 1. The second kappa shape index (κ2) is 5.65. The first-order valence-corrected chi connectivity index (χ1v) is 6.75. The number of hydrogen-bond acceptors (Lipinski definition) is 2. The molecule has 0 heterocycles. The van der Waals surface area contributed by atoms with E-state index < -0.39 is 0 Å². The summed E-state index contributed by atoms with van der Waals surface area (Å²) in [7, 11) is 2.04. The molecule has 2 atom stereocenters. The summed E-state index contributed by atoms with van der Waals surface area (Å²) in [6.45, 7) is 2.08. The van der Waals surface area contributed by atoms with Gasteiger partial charge in [0.15, 0.2) is 0 Å². The molecule has 17 heavy (non-hydrogen) atoms. The maximum Gasteiger partial charge on any atom is 0.0318 e. The van der Waals surface area contributed by atoms with Crippen LogP contribution in [0.4, 0.5) is 0 Å². The lowest BCUT2D eigenvalue weighted by Crippen LogP contribution is -2.21. The molecule has 0 saturated carbocycles. The number of aryl methyl sites for hydroxylation is 2. The summed E-state index contributed by atoms with van der Waals surface area (Å²) in [5.74, 6) is 0. The minimum atomic E-state index is 0.292. The van der Waals surface area contributed by atoms with Gasteiger partial charge in [0, 0.05) is 12.1 Å². The first kappa shape index (κ1) is 12.6. The van der Waals surface area contributed by atoms with E-state index in [1.165, 1.54) is 24.8 Å². The van der Waals surface area contributed by atoms with E-state index in [0.29, 0.717) is 12.1 Å². The third kappa shape index (κ3) is 3.08. The van der Waals surface area contributed by atoms with E-state index in [1.807, 2.05) is 7.05 Å². The van der Waals surface area contributed by atoms with Crippen molar-refractivity contribution in [2.45, 2.75) is 51.1 Å². The minimum absolute atomic E-state index is 0.292. The Labute approximate surface area is 105 Å². The highest BCUT2D eigenvalue weighted by atomic mass is 14.9. The summed E-state index contributed by atoms with van der Waals surface area (Å²) in [6.07, 6.45) is 6.03. The molecule has 94 valence electrons. The molecule has 2 rings (SSSR count). The van der Waals surface area contributed by atoms with Crippen molar-refractivity contribution in [3.8, 4) is 0 Å². The van der Waals surface area contributed by atoms with Crippen LogP contribution >= 0.6 is 0 Å². The van der Waals surface area contributed by atoms with E-state index in [-0.39, 0.29) is 0 Å². The number of hydrogen-bond donors (Lipinski definition) is 2. The molecule has 2 heteroatoms. The van der Waals surface area contributed by atoms with Gasteiger partial charge < -0.3 is 11.1 Å². The molecule has 0 radical (unpaired) electrons. The fraction of sp³-hybridized carbons (Fsp3) is 0.600. The fourth-order valence-corrected chi connectivity index (χ4v) is 2.72. The van der Waals surface area contributed by atoms with Gasteiger partial charge in [-0.2, -0.15) is 0 Å². The third-order valence-electron chi connectivity index (χ3n) is 3.78. The number of rotatable bonds is 5. The van der Waals surface area contributed by atoms with Crippen LogP contribution < -0.4 is 11.1 Å². The predicted molar refractivity (Wildman–Crippen MR) is 73.2 cm³/mol. The van der Waals surface area contributed by atoms with Crippen molar-refractivity contribution in [2.24, 2.45) is 5.73 Å². The summed E-state index contributed by atoms with van der Waals surface area (Å²) < 4.78 is 0. The Hall–Kier alpha value is -0.860. The molecule has 1 aromatic carbocycles. The van der Waals surface area contributed by atoms with E-state index in [4.69, 9.17) is 5.73 Å². The summed E-state index contributed by atoms with van der Waals surface area (Å²) in [6, 6.07) is 7.73. The molecular weight excluding hydrogens is 208 g/mol. The molecule has 0 aromatic heterocycles. The number of nitrogens with two attached hydrogens (primary N) is 1. The van der Waals surface area contributed by atoms with Gasteiger partial charge in [-0.25, -0.2) is 0 Å². The Morgan fingerprint density at radius 3 is 2.71 bits per heavy atom. The van der Waals surface area contributed by atoms with Crippen LogP contribution in [0, 0.1) is 0 Å². The SMILES string of the molecule is CNC(CCC(C)N)c1ccc2c(c1)CCC2. The zero-order chi connectivity index (χ0) is 12.3. The maximum absolute atomic E-state index is 5.84. The summed E-state index contributed by atoms with van der Waals surface area (Å²) in [5.41, 5.74) is 10.4. The van der Waals surface area contributed by atoms with Gasteiger partial charge in [0.25, 0.3) is 0 Å². The molecule has 0 aliphatic heterocycles. The standard InChI is InChI=1S/C15H24N2/c1-11(16)6-9-15(17-2)14-8-7-12-4-3-5-13(12)10-14/h7-8,10-11,15,17H,3-6,9,16H2,1-2H3. The van der Waals surface area contributed by atoms with Crippen molar-refractivity contribution < 1.29 is 0 Å². The van der Waals surface area contributed by atoms with Crippen LogP contribution in [0.15, 0.2) is 18.2 Å². The molecule has 0 fully saturated rings. The lowest BCUT2D eigenvalue weighted by molar-refractivity contribution is 0.496. The van der Waals surface area contributed by atoms with Crippen molar-refractivity contribution in [3.63, 3.8) is 0 Å². The molecule has 1 aliphatic rings. The van der Waals surface area contributed by atoms with E-state index in [1.54, 1.807) is 11.1 Å². The van der Waals surface area contributed by atoms with Crippen LogP contribution in [0.5, 0.6) is 0 Å². The molecule has 1 aliphatic carbocycles. The molecule has 0 bridgehead atoms. The first-order valence-electron chi connectivity index (χ1n) is 6.75. The topological polar surface area (TPSA) is 38.0 Å². The largest absolute Gasteiger partial charge is 0.328 e. The minimum Gasteiger partial charge on any atom is -0.328 e. The highest BCUT2D eigenvalue weighted by molar-refractivity contribution is 5.36. The smallest absolute Gasteiger partial charge is 0.0318 e. The summed E-state index contributed by atoms with van der Waals surface area (Å²) in [4.78, 5) is 0. The quantitative estimate of drug-likeness (QED) is 0.819. The highest BCUT2D eigenvalue weighted by Crippen LogP contribution is 2.27. The van der Waals surface area contributed by atoms with Crippen molar-refractivity contribution in [1.29, 1.82) is 0 Å². The lowest BCUT2D eigenvalue weighted by atomic mass is 9.97. The zero-order valence-electron chi connectivity index (χ0n) is 11.0. The Bertz CT molecular complexity index is 371. The molecule has 0 amide bonds. The van der Waals surface area contributed by atoms with E-state index >= 15 is 0 Å². The van der Waals surface area contributed by atoms with Gasteiger partial charge in [-0.05, 0) is 62.8 Å². The van der Waals surface area contributed by atoms with Crippen LogP contribution in [-0.2, 0) is 12.8 Å². The van der Waals surface area contributed by atoms with E-state index in [9.17, 15) is 0 Å². The second-order valence-electron chi connectivity index (χ2n) is 5.28. The van der Waals surface area contributed by atoms with Gasteiger partial charge in [0.1, 0.15) is 0 Å². The van der Waals surface area contributed by atoms with Crippen LogP contribution in [0.3, 0.4) is 0 Å². The summed E-state index contributed by atoms with van der Waals surface area (Å²) >= 11 is 0. The Balaban J connectivity index is 2.08. The van der Waals surface area contributed by atoms with Gasteiger partial charge in [-0.15, -0.1) is 0 Å². The van der Waals surface area contributed by atoms with Gasteiger partial charge in [0.2, 0.25) is 0 Å². The van der Waals surface area contributed by atoms with Crippen LogP contribution in [0.2, 0.25) is 0 Å². The molecule has 3 N–H and O–H groups in total. The van der Waals surface area contributed by atoms with Crippen LogP contribution in [-0.4, -0.2) is 13.1 Å². The zero-order valence-corrected chi connectivity index (χ0v) is 11.0. The van der Waals surface area contributed by atoms with Crippen LogP contribution in [0.1, 0.15) is 48.9 Å². The number of benzene rings is 1. The number of nitrogens with one attached hydrogen (secondary N) is 1. The maximum atomic E-state index is 5.84. The summed E-state index contributed by atoms with van der Waals surface area (Å²) in [5, 5.41) is 3.41. The van der Waals surface area contributed by atoms with Crippen molar-refractivity contribution >= 4 is 0 Å². The Kier molecular flexibility index (Phi) is 4.19. The molecule has 1 aromatic rings. The Morgan fingerprint density at radius 1 is 1.24 bits per heavy atom. The molecule has 2 nitrogen and oxygen atoms in total. The normalized spacial score (nSPS) is 17.8. The monoisotopic (exact) mass is 232 g/mol. The molecule has 0 spiro atoms. The Morgan fingerprint density at radius 2 is 2.00 bits per heavy atom. The van der Waals surface area contributed by atoms with Gasteiger partial charge in [-0.1, -0.05) is 18.2 Å². The highest BCUT2D eigenvalue weighted by Gasteiger charge is 2.15. The van der Waals surface area contributed by atoms with Gasteiger partial charge in [-0.3, -0.25) is 0 Å².